The number of hydrogen-bond donors (Lipinski definition) is 1. The first kappa shape index (κ1) is 19.8. The van der Waals surface area contributed by atoms with Crippen LogP contribution in [0.15, 0.2) is 46.9 Å². The quantitative estimate of drug-likeness (QED) is 0.717. The Bertz CT molecular complexity index is 940. The van der Waals surface area contributed by atoms with Gasteiger partial charge in [-0.1, -0.05) is 28.1 Å². The average Bonchev–Trinajstić information content (AvgIpc) is 3.40. The van der Waals surface area contributed by atoms with Gasteiger partial charge in [0.15, 0.2) is 11.5 Å². The number of nitrogens with zero attached hydrogens (tertiary/aromatic N) is 1. The Labute approximate surface area is 178 Å². The second kappa shape index (κ2) is 7.71. The number of carbonyl (C=O) groups is 2. The van der Waals surface area contributed by atoms with Gasteiger partial charge in [-0.15, -0.1) is 0 Å². The number of amides is 2. The van der Waals surface area contributed by atoms with Gasteiger partial charge in [0.1, 0.15) is 0 Å². The van der Waals surface area contributed by atoms with Crippen molar-refractivity contribution >= 4 is 33.4 Å². The standard InChI is InChI=1S/C22H23BrN2O4/c1-28-18-8-7-17(12-19(18)29-2)25-13-14(11-20(25)26)21(27)24-22(9-10-22)15-3-5-16(23)6-4-15/h3-8,12,14H,9-11,13H2,1-2H3,(H,24,27). The maximum atomic E-state index is 12.9. The van der Waals surface area contributed by atoms with Crippen LogP contribution < -0.4 is 19.7 Å². The summed E-state index contributed by atoms with van der Waals surface area (Å²) in [6, 6.07) is 13.4. The fourth-order valence-electron chi connectivity index (χ4n) is 3.84. The van der Waals surface area contributed by atoms with Gasteiger partial charge in [-0.25, -0.2) is 0 Å². The van der Waals surface area contributed by atoms with Gasteiger partial charge in [-0.05, 0) is 42.7 Å². The summed E-state index contributed by atoms with van der Waals surface area (Å²) in [6.45, 7) is 0.358. The topological polar surface area (TPSA) is 67.9 Å². The van der Waals surface area contributed by atoms with E-state index in [0.717, 1.165) is 22.9 Å². The van der Waals surface area contributed by atoms with E-state index in [9.17, 15) is 9.59 Å². The normalized spacial score (nSPS) is 19.8. The molecule has 1 aliphatic carbocycles. The van der Waals surface area contributed by atoms with Gasteiger partial charge in [0.2, 0.25) is 11.8 Å². The van der Waals surface area contributed by atoms with Crippen LogP contribution in [0.5, 0.6) is 11.5 Å². The lowest BCUT2D eigenvalue weighted by molar-refractivity contribution is -0.127. The van der Waals surface area contributed by atoms with Crippen molar-refractivity contribution in [3.63, 3.8) is 0 Å². The van der Waals surface area contributed by atoms with Crippen molar-refractivity contribution < 1.29 is 19.1 Å². The van der Waals surface area contributed by atoms with Crippen LogP contribution in [0.2, 0.25) is 0 Å². The van der Waals surface area contributed by atoms with Gasteiger partial charge in [0.25, 0.3) is 0 Å². The molecule has 2 aliphatic rings. The van der Waals surface area contributed by atoms with Crippen LogP contribution in [0.25, 0.3) is 0 Å². The highest BCUT2D eigenvalue weighted by atomic mass is 79.9. The molecule has 0 aromatic heterocycles. The summed E-state index contributed by atoms with van der Waals surface area (Å²) in [6.07, 6.45) is 2.04. The maximum Gasteiger partial charge on any atom is 0.227 e. The molecule has 1 saturated carbocycles. The van der Waals surface area contributed by atoms with Crippen molar-refractivity contribution in [2.75, 3.05) is 25.7 Å². The van der Waals surface area contributed by atoms with Crippen LogP contribution in [0, 0.1) is 5.92 Å². The second-order valence-corrected chi connectivity index (χ2v) is 8.44. The first-order valence-electron chi connectivity index (χ1n) is 9.56. The van der Waals surface area contributed by atoms with Crippen LogP contribution >= 0.6 is 15.9 Å². The first-order chi connectivity index (χ1) is 14.0. The third-order valence-corrected chi connectivity index (χ3v) is 6.21. The molecule has 2 amide bonds. The van der Waals surface area contributed by atoms with E-state index in [1.54, 1.807) is 31.3 Å². The zero-order valence-corrected chi connectivity index (χ0v) is 18.0. The number of anilines is 1. The first-order valence-corrected chi connectivity index (χ1v) is 10.4. The molecule has 2 aromatic rings. The summed E-state index contributed by atoms with van der Waals surface area (Å²) in [5.74, 6) is 0.649. The van der Waals surface area contributed by atoms with E-state index < -0.39 is 0 Å². The highest BCUT2D eigenvalue weighted by Crippen LogP contribution is 2.46. The monoisotopic (exact) mass is 458 g/mol. The molecule has 0 bridgehead atoms. The number of benzene rings is 2. The number of carbonyl (C=O) groups excluding carboxylic acids is 2. The van der Waals surface area contributed by atoms with Crippen molar-refractivity contribution in [2.45, 2.75) is 24.8 Å². The summed E-state index contributed by atoms with van der Waals surface area (Å²) in [7, 11) is 3.12. The zero-order valence-electron chi connectivity index (χ0n) is 16.4. The number of ether oxygens (including phenoxy) is 2. The molecule has 2 aromatic carbocycles. The number of halogens is 1. The number of nitrogens with one attached hydrogen (secondary N) is 1. The predicted octanol–water partition coefficient (Wildman–Crippen LogP) is 3.62. The highest BCUT2D eigenvalue weighted by Gasteiger charge is 2.47. The third kappa shape index (κ3) is 3.83. The molecule has 2 fully saturated rings. The Morgan fingerprint density at radius 3 is 2.41 bits per heavy atom. The zero-order chi connectivity index (χ0) is 20.6. The molecule has 1 saturated heterocycles. The third-order valence-electron chi connectivity index (χ3n) is 5.68. The molecule has 1 atom stereocenters. The molecule has 1 unspecified atom stereocenters. The number of hydrogen-bond acceptors (Lipinski definition) is 4. The largest absolute Gasteiger partial charge is 0.493 e. The van der Waals surface area contributed by atoms with Crippen molar-refractivity contribution in [3.8, 4) is 11.5 Å². The summed E-state index contributed by atoms with van der Waals surface area (Å²) in [5, 5.41) is 3.20. The smallest absolute Gasteiger partial charge is 0.227 e. The summed E-state index contributed by atoms with van der Waals surface area (Å²) >= 11 is 3.44. The second-order valence-electron chi connectivity index (χ2n) is 7.52. The lowest BCUT2D eigenvalue weighted by Gasteiger charge is -2.21. The van der Waals surface area contributed by atoms with Crippen LogP contribution in [0.3, 0.4) is 0 Å². The minimum Gasteiger partial charge on any atom is -0.493 e. The molecular weight excluding hydrogens is 436 g/mol. The average molecular weight is 459 g/mol. The lowest BCUT2D eigenvalue weighted by atomic mass is 10.0. The molecule has 0 radical (unpaired) electrons. The Morgan fingerprint density at radius 2 is 1.79 bits per heavy atom. The van der Waals surface area contributed by atoms with Crippen LogP contribution in [0.4, 0.5) is 5.69 Å². The van der Waals surface area contributed by atoms with Crippen molar-refractivity contribution in [2.24, 2.45) is 5.92 Å². The van der Waals surface area contributed by atoms with Crippen molar-refractivity contribution in [3.05, 3.63) is 52.5 Å². The molecule has 7 heteroatoms. The summed E-state index contributed by atoms with van der Waals surface area (Å²) in [5.41, 5.74) is 1.52. The van der Waals surface area contributed by atoms with Gasteiger partial charge in [0, 0.05) is 29.2 Å². The fraction of sp³-hybridized carbons (Fsp3) is 0.364. The molecule has 152 valence electrons. The van der Waals surface area contributed by atoms with E-state index in [1.807, 2.05) is 30.3 Å². The predicted molar refractivity (Wildman–Crippen MR) is 113 cm³/mol. The van der Waals surface area contributed by atoms with Crippen molar-refractivity contribution in [1.29, 1.82) is 0 Å². The highest BCUT2D eigenvalue weighted by molar-refractivity contribution is 9.10. The minimum absolute atomic E-state index is 0.0640. The van der Waals surface area contributed by atoms with Gasteiger partial charge in [0.05, 0.1) is 25.7 Å². The van der Waals surface area contributed by atoms with E-state index in [2.05, 4.69) is 21.2 Å². The van der Waals surface area contributed by atoms with E-state index in [1.165, 1.54) is 0 Å². The number of rotatable bonds is 6. The lowest BCUT2D eigenvalue weighted by Crippen LogP contribution is -2.40. The van der Waals surface area contributed by atoms with E-state index in [-0.39, 0.29) is 29.7 Å². The minimum atomic E-state index is -0.372. The molecule has 0 spiro atoms. The van der Waals surface area contributed by atoms with E-state index >= 15 is 0 Å². The maximum absolute atomic E-state index is 12.9. The van der Waals surface area contributed by atoms with Gasteiger partial charge < -0.3 is 19.7 Å². The fourth-order valence-corrected chi connectivity index (χ4v) is 4.11. The van der Waals surface area contributed by atoms with E-state index in [0.29, 0.717) is 23.7 Å². The van der Waals surface area contributed by atoms with E-state index in [4.69, 9.17) is 9.47 Å². The van der Waals surface area contributed by atoms with Crippen LogP contribution in [0.1, 0.15) is 24.8 Å². The van der Waals surface area contributed by atoms with Gasteiger partial charge in [-0.2, -0.15) is 0 Å². The van der Waals surface area contributed by atoms with Gasteiger partial charge in [-0.3, -0.25) is 9.59 Å². The van der Waals surface area contributed by atoms with Crippen LogP contribution in [-0.2, 0) is 15.1 Å². The molecule has 1 aliphatic heterocycles. The van der Waals surface area contributed by atoms with Gasteiger partial charge >= 0.3 is 0 Å². The Hall–Kier alpha value is -2.54. The molecular formula is C22H23BrN2O4. The Kier molecular flexibility index (Phi) is 5.25. The summed E-state index contributed by atoms with van der Waals surface area (Å²) < 4.78 is 11.6. The molecule has 6 nitrogen and oxygen atoms in total. The molecule has 1 heterocycles. The molecule has 1 N–H and O–H groups in total. The molecule has 4 rings (SSSR count). The van der Waals surface area contributed by atoms with Crippen molar-refractivity contribution in [1.82, 2.24) is 5.32 Å². The molecule has 29 heavy (non-hydrogen) atoms. The summed E-state index contributed by atoms with van der Waals surface area (Å²) in [4.78, 5) is 27.2. The Balaban J connectivity index is 1.46. The van der Waals surface area contributed by atoms with Crippen LogP contribution in [-0.4, -0.2) is 32.6 Å². The number of methoxy groups -OCH3 is 2. The Morgan fingerprint density at radius 1 is 1.10 bits per heavy atom. The SMILES string of the molecule is COc1ccc(N2CC(C(=O)NC3(c4ccc(Br)cc4)CC3)CC2=O)cc1OC.